The van der Waals surface area contributed by atoms with Crippen molar-refractivity contribution in [3.8, 4) is 0 Å². The molecule has 0 radical (unpaired) electrons. The first-order chi connectivity index (χ1) is 9.08. The van der Waals surface area contributed by atoms with Gasteiger partial charge in [-0.2, -0.15) is 0 Å². The maximum Gasteiger partial charge on any atom is 0.253 e. The number of nitrogens with one attached hydrogen (secondary N) is 1. The summed E-state index contributed by atoms with van der Waals surface area (Å²) < 4.78 is 13.3. The molecule has 104 valence electrons. The molecule has 1 N–H and O–H groups in total. The fraction of sp³-hybridized carbons (Fsp3) is 0.500. The number of carbonyl (C=O) groups is 1. The molecule has 1 fully saturated rings. The van der Waals surface area contributed by atoms with E-state index in [1.54, 1.807) is 18.0 Å². The highest BCUT2D eigenvalue weighted by Crippen LogP contribution is 2.17. The zero-order valence-electron chi connectivity index (χ0n) is 11.0. The van der Waals surface area contributed by atoms with Gasteiger partial charge in [0.05, 0.1) is 5.02 Å². The second-order valence-corrected chi connectivity index (χ2v) is 5.43. The minimum atomic E-state index is -0.555. The van der Waals surface area contributed by atoms with E-state index in [4.69, 9.17) is 11.6 Å². The number of rotatable bonds is 3. The summed E-state index contributed by atoms with van der Waals surface area (Å²) in [6.45, 7) is 2.68. The molecule has 1 saturated heterocycles. The molecule has 0 bridgehead atoms. The van der Waals surface area contributed by atoms with Crippen LogP contribution in [0.25, 0.3) is 0 Å². The van der Waals surface area contributed by atoms with Crippen molar-refractivity contribution in [2.45, 2.75) is 12.8 Å². The smallest absolute Gasteiger partial charge is 0.253 e. The van der Waals surface area contributed by atoms with Crippen molar-refractivity contribution in [1.82, 2.24) is 10.2 Å². The Morgan fingerprint density at radius 2 is 2.37 bits per heavy atom. The predicted molar refractivity (Wildman–Crippen MR) is 74.0 cm³/mol. The molecule has 1 aromatic rings. The van der Waals surface area contributed by atoms with Crippen LogP contribution in [0.1, 0.15) is 23.2 Å². The Morgan fingerprint density at radius 3 is 3.00 bits per heavy atom. The van der Waals surface area contributed by atoms with Crippen molar-refractivity contribution in [3.63, 3.8) is 0 Å². The summed E-state index contributed by atoms with van der Waals surface area (Å²) in [5.41, 5.74) is 0.341. The van der Waals surface area contributed by atoms with Gasteiger partial charge in [-0.1, -0.05) is 11.6 Å². The lowest BCUT2D eigenvalue weighted by atomic mass is 9.99. The van der Waals surface area contributed by atoms with Crippen molar-refractivity contribution < 1.29 is 9.18 Å². The number of amides is 1. The summed E-state index contributed by atoms with van der Waals surface area (Å²) in [5, 5.41) is 3.36. The Morgan fingerprint density at radius 1 is 1.58 bits per heavy atom. The maximum atomic E-state index is 13.3. The van der Waals surface area contributed by atoms with E-state index in [9.17, 15) is 9.18 Å². The van der Waals surface area contributed by atoms with Gasteiger partial charge in [0.25, 0.3) is 5.91 Å². The van der Waals surface area contributed by atoms with E-state index in [0.29, 0.717) is 18.0 Å². The van der Waals surface area contributed by atoms with Gasteiger partial charge < -0.3 is 10.2 Å². The first-order valence-corrected chi connectivity index (χ1v) is 6.87. The van der Waals surface area contributed by atoms with Gasteiger partial charge in [0.1, 0.15) is 5.82 Å². The highest BCUT2D eigenvalue weighted by Gasteiger charge is 2.19. The molecule has 1 aliphatic heterocycles. The first kappa shape index (κ1) is 14.3. The number of benzene rings is 1. The summed E-state index contributed by atoms with van der Waals surface area (Å²) in [5.74, 6) is -0.249. The van der Waals surface area contributed by atoms with Crippen LogP contribution in [-0.2, 0) is 0 Å². The molecule has 1 aromatic carbocycles. The average Bonchev–Trinajstić information content (AvgIpc) is 2.42. The largest absolute Gasteiger partial charge is 0.341 e. The monoisotopic (exact) mass is 284 g/mol. The number of nitrogens with zero attached hydrogens (tertiary/aromatic N) is 1. The van der Waals surface area contributed by atoms with Crippen LogP contribution in [0.4, 0.5) is 4.39 Å². The van der Waals surface area contributed by atoms with Crippen molar-refractivity contribution in [1.29, 1.82) is 0 Å². The van der Waals surface area contributed by atoms with Gasteiger partial charge in [-0.25, -0.2) is 4.39 Å². The zero-order chi connectivity index (χ0) is 13.8. The summed E-state index contributed by atoms with van der Waals surface area (Å²) >= 11 is 5.61. The minimum absolute atomic E-state index is 0.0377. The van der Waals surface area contributed by atoms with Gasteiger partial charge in [0.2, 0.25) is 0 Å². The van der Waals surface area contributed by atoms with E-state index < -0.39 is 5.82 Å². The number of hydrogen-bond donors (Lipinski definition) is 1. The Bertz CT molecular complexity index is 461. The minimum Gasteiger partial charge on any atom is -0.341 e. The van der Waals surface area contributed by atoms with Gasteiger partial charge in [-0.15, -0.1) is 0 Å². The third kappa shape index (κ3) is 3.67. The van der Waals surface area contributed by atoms with Gasteiger partial charge in [0, 0.05) is 19.2 Å². The molecular weight excluding hydrogens is 267 g/mol. The van der Waals surface area contributed by atoms with Gasteiger partial charge >= 0.3 is 0 Å². The lowest BCUT2D eigenvalue weighted by Crippen LogP contribution is -2.39. The molecule has 1 amide bonds. The van der Waals surface area contributed by atoms with Crippen molar-refractivity contribution in [2.75, 3.05) is 26.7 Å². The lowest BCUT2D eigenvalue weighted by molar-refractivity contribution is 0.0764. The molecule has 0 saturated carbocycles. The Kier molecular flexibility index (Phi) is 4.77. The lowest BCUT2D eigenvalue weighted by Gasteiger charge is -2.27. The fourth-order valence-electron chi connectivity index (χ4n) is 2.40. The third-order valence-corrected chi connectivity index (χ3v) is 3.75. The van der Waals surface area contributed by atoms with E-state index in [1.807, 2.05) is 0 Å². The normalized spacial score (nSPS) is 19.2. The van der Waals surface area contributed by atoms with E-state index in [-0.39, 0.29) is 10.9 Å². The van der Waals surface area contributed by atoms with E-state index in [1.165, 1.54) is 12.1 Å². The van der Waals surface area contributed by atoms with E-state index in [2.05, 4.69) is 5.32 Å². The average molecular weight is 285 g/mol. The van der Waals surface area contributed by atoms with Crippen LogP contribution in [0.15, 0.2) is 18.2 Å². The summed E-state index contributed by atoms with van der Waals surface area (Å²) in [7, 11) is 1.75. The van der Waals surface area contributed by atoms with Crippen LogP contribution in [0, 0.1) is 11.7 Å². The molecule has 1 aliphatic rings. The SMILES string of the molecule is CN(CC1CCCNC1)C(=O)c1ccc(Cl)c(F)c1. The fourth-order valence-corrected chi connectivity index (χ4v) is 2.52. The van der Waals surface area contributed by atoms with E-state index >= 15 is 0 Å². The molecule has 1 atom stereocenters. The molecule has 0 aromatic heterocycles. The summed E-state index contributed by atoms with van der Waals surface area (Å²) in [6, 6.07) is 4.17. The molecule has 3 nitrogen and oxygen atoms in total. The van der Waals surface area contributed by atoms with Gasteiger partial charge in [-0.05, 0) is 50.0 Å². The summed E-state index contributed by atoms with van der Waals surface area (Å²) in [6.07, 6.45) is 2.27. The molecule has 0 aliphatic carbocycles. The summed E-state index contributed by atoms with van der Waals surface area (Å²) in [4.78, 5) is 13.8. The second kappa shape index (κ2) is 6.35. The molecule has 1 heterocycles. The number of hydrogen-bond acceptors (Lipinski definition) is 2. The topological polar surface area (TPSA) is 32.3 Å². The second-order valence-electron chi connectivity index (χ2n) is 5.03. The molecule has 2 rings (SSSR count). The van der Waals surface area contributed by atoms with Crippen LogP contribution in [0.5, 0.6) is 0 Å². The number of carbonyl (C=O) groups excluding carboxylic acids is 1. The Balaban J connectivity index is 1.99. The highest BCUT2D eigenvalue weighted by atomic mass is 35.5. The van der Waals surface area contributed by atoms with Crippen molar-refractivity contribution in [3.05, 3.63) is 34.6 Å². The molecule has 5 heteroatoms. The number of piperidine rings is 1. The van der Waals surface area contributed by atoms with Gasteiger partial charge in [-0.3, -0.25) is 4.79 Å². The standard InChI is InChI=1S/C14H18ClFN2O/c1-18(9-10-3-2-6-17-8-10)14(19)11-4-5-12(15)13(16)7-11/h4-5,7,10,17H,2-3,6,8-9H2,1H3. The van der Waals surface area contributed by atoms with E-state index in [0.717, 1.165) is 25.9 Å². The number of halogens is 2. The Labute approximate surface area is 117 Å². The van der Waals surface area contributed by atoms with Crippen molar-refractivity contribution >= 4 is 17.5 Å². The molecule has 0 spiro atoms. The third-order valence-electron chi connectivity index (χ3n) is 3.44. The van der Waals surface area contributed by atoms with Crippen LogP contribution in [0.3, 0.4) is 0 Å². The Hall–Kier alpha value is -1.13. The predicted octanol–water partition coefficient (Wildman–Crippen LogP) is 2.55. The first-order valence-electron chi connectivity index (χ1n) is 6.49. The van der Waals surface area contributed by atoms with Crippen LogP contribution in [0.2, 0.25) is 5.02 Å². The van der Waals surface area contributed by atoms with Crippen molar-refractivity contribution in [2.24, 2.45) is 5.92 Å². The highest BCUT2D eigenvalue weighted by molar-refractivity contribution is 6.30. The molecular formula is C14H18ClFN2O. The van der Waals surface area contributed by atoms with Crippen LogP contribution in [-0.4, -0.2) is 37.5 Å². The molecule has 1 unspecified atom stereocenters. The zero-order valence-corrected chi connectivity index (χ0v) is 11.7. The maximum absolute atomic E-state index is 13.3. The molecule has 19 heavy (non-hydrogen) atoms. The van der Waals surface area contributed by atoms with Gasteiger partial charge in [0.15, 0.2) is 0 Å². The quantitative estimate of drug-likeness (QED) is 0.925. The van der Waals surface area contributed by atoms with Crippen LogP contribution < -0.4 is 5.32 Å². The van der Waals surface area contributed by atoms with Crippen LogP contribution >= 0.6 is 11.6 Å².